The van der Waals surface area contributed by atoms with Crippen molar-refractivity contribution >= 4 is 34.9 Å². The molecule has 1 saturated heterocycles. The van der Waals surface area contributed by atoms with Crippen LogP contribution in [0.4, 0.5) is 16.6 Å². The Kier molecular flexibility index (Phi) is 8.04. The normalized spacial score (nSPS) is 24.8. The van der Waals surface area contributed by atoms with E-state index in [-0.39, 0.29) is 17.7 Å². The molecule has 5 rings (SSSR count). The zero-order valence-corrected chi connectivity index (χ0v) is 23.2. The third kappa shape index (κ3) is 5.59. The molecule has 2 aromatic rings. The molecule has 4 N–H and O–H groups in total. The second kappa shape index (κ2) is 11.5. The smallest absolute Gasteiger partial charge is 0.410 e. The zero-order valence-electron chi connectivity index (χ0n) is 23.2. The van der Waals surface area contributed by atoms with Gasteiger partial charge in [0.25, 0.3) is 0 Å². The van der Waals surface area contributed by atoms with Gasteiger partial charge in [0.05, 0.1) is 0 Å². The van der Waals surface area contributed by atoms with Crippen molar-refractivity contribution < 1.29 is 9.90 Å². The summed E-state index contributed by atoms with van der Waals surface area (Å²) < 4.78 is 2.36. The largest absolute Gasteiger partial charge is 0.465 e. The van der Waals surface area contributed by atoms with Crippen LogP contribution >= 0.6 is 0 Å². The van der Waals surface area contributed by atoms with Gasteiger partial charge in [0.15, 0.2) is 23.1 Å². The van der Waals surface area contributed by atoms with Gasteiger partial charge in [-0.3, -0.25) is 10.7 Å². The Morgan fingerprint density at radius 3 is 2.53 bits per heavy atom. The predicted octanol–water partition coefficient (Wildman–Crippen LogP) is 5.61. The highest BCUT2D eigenvalue weighted by Crippen LogP contribution is 2.37. The number of hydrogen-bond acceptors (Lipinski definition) is 7. The van der Waals surface area contributed by atoms with Gasteiger partial charge in [-0.2, -0.15) is 4.98 Å². The van der Waals surface area contributed by atoms with E-state index in [1.807, 2.05) is 0 Å². The number of amidine groups is 1. The zero-order chi connectivity index (χ0) is 26.8. The highest BCUT2D eigenvalue weighted by Gasteiger charge is 2.32. The van der Waals surface area contributed by atoms with Gasteiger partial charge in [-0.25, -0.2) is 14.8 Å². The fraction of sp³-hybridized carbons (Fsp3) is 0.750. The number of carbonyl (C=O) groups is 1. The van der Waals surface area contributed by atoms with Crippen LogP contribution in [0.1, 0.15) is 97.2 Å². The van der Waals surface area contributed by atoms with Gasteiger partial charge in [0.1, 0.15) is 5.52 Å². The van der Waals surface area contributed by atoms with E-state index in [4.69, 9.17) is 15.4 Å². The van der Waals surface area contributed by atoms with E-state index in [1.54, 1.807) is 0 Å². The molecule has 1 amide bonds. The fourth-order valence-corrected chi connectivity index (χ4v) is 6.57. The number of amides is 1. The Bertz CT molecular complexity index is 1150. The Balaban J connectivity index is 1.61. The predicted molar refractivity (Wildman–Crippen MR) is 150 cm³/mol. The summed E-state index contributed by atoms with van der Waals surface area (Å²) in [6.45, 7) is 8.65. The number of imidazole rings is 1. The number of nitrogens with zero attached hydrogens (tertiary/aromatic N) is 5. The standard InChI is InChI=1S/C28H44N8O2/c1-4-7-21-10-6-15-35(21)27-34-25-22(36(27)16-19-13-11-17(2)12-14-19)24(30-18(3)20-8-5-9-20)32-26(33-25)23(29)31-28(37)38/h17-21H,4-16H2,1-3H3,(H2,29,31)(H,37,38)(H,30,32,33)/t17-,18-,19-,21?/m1/s1. The molecule has 38 heavy (non-hydrogen) atoms. The molecule has 0 bridgehead atoms. The fourth-order valence-electron chi connectivity index (χ4n) is 6.57. The first-order chi connectivity index (χ1) is 18.3. The molecule has 3 fully saturated rings. The van der Waals surface area contributed by atoms with Crippen LogP contribution in [0.15, 0.2) is 0 Å². The Morgan fingerprint density at radius 2 is 1.87 bits per heavy atom. The summed E-state index contributed by atoms with van der Waals surface area (Å²) in [5, 5.41) is 23.3. The molecular formula is C28H44N8O2. The van der Waals surface area contributed by atoms with Crippen LogP contribution in [-0.2, 0) is 6.54 Å². The number of fused-ring (bicyclic) bond motifs is 1. The minimum absolute atomic E-state index is 0.0532. The Labute approximate surface area is 225 Å². The summed E-state index contributed by atoms with van der Waals surface area (Å²) in [5.41, 5.74) is 1.43. The summed E-state index contributed by atoms with van der Waals surface area (Å²) in [6.07, 6.45) is 11.9. The van der Waals surface area contributed by atoms with Crippen LogP contribution in [0.3, 0.4) is 0 Å². The molecule has 0 aromatic carbocycles. The van der Waals surface area contributed by atoms with Crippen LogP contribution < -0.4 is 15.5 Å². The lowest BCUT2D eigenvalue weighted by Gasteiger charge is -2.33. The molecule has 2 aliphatic carbocycles. The van der Waals surface area contributed by atoms with Crippen molar-refractivity contribution in [3.8, 4) is 0 Å². The van der Waals surface area contributed by atoms with Gasteiger partial charge in [-0.1, -0.05) is 39.5 Å². The molecule has 2 atom stereocenters. The molecular weight excluding hydrogens is 480 g/mol. The van der Waals surface area contributed by atoms with Gasteiger partial charge in [-0.15, -0.1) is 0 Å². The Morgan fingerprint density at radius 1 is 1.11 bits per heavy atom. The SMILES string of the molecule is CCCC1CCCN1c1nc2nc(C(=N)NC(=O)O)nc(N[C@H](C)C3CCC3)c2n1C[C@H]1CC[C@H](C)CC1. The summed E-state index contributed by atoms with van der Waals surface area (Å²) >= 11 is 0. The van der Waals surface area contributed by atoms with E-state index in [9.17, 15) is 9.90 Å². The highest BCUT2D eigenvalue weighted by atomic mass is 16.4. The number of nitrogens with one attached hydrogen (secondary N) is 3. The summed E-state index contributed by atoms with van der Waals surface area (Å²) in [4.78, 5) is 28.2. The van der Waals surface area contributed by atoms with Crippen LogP contribution in [0.5, 0.6) is 0 Å². The minimum atomic E-state index is -1.30. The van der Waals surface area contributed by atoms with Crippen molar-refractivity contribution in [3.63, 3.8) is 0 Å². The number of hydrogen-bond donors (Lipinski definition) is 4. The third-order valence-corrected chi connectivity index (χ3v) is 9.09. The average Bonchev–Trinajstić information content (AvgIpc) is 3.43. The van der Waals surface area contributed by atoms with E-state index in [1.165, 1.54) is 51.4 Å². The first-order valence-electron chi connectivity index (χ1n) is 14.7. The van der Waals surface area contributed by atoms with E-state index < -0.39 is 6.09 Å². The average molecular weight is 525 g/mol. The van der Waals surface area contributed by atoms with Crippen molar-refractivity contribution in [1.82, 2.24) is 24.8 Å². The van der Waals surface area contributed by atoms with Crippen LogP contribution in [0.2, 0.25) is 0 Å². The van der Waals surface area contributed by atoms with Gasteiger partial charge in [0, 0.05) is 25.2 Å². The lowest BCUT2D eigenvalue weighted by molar-refractivity contribution is 0.200. The molecule has 0 spiro atoms. The lowest BCUT2D eigenvalue weighted by Crippen LogP contribution is -2.33. The minimum Gasteiger partial charge on any atom is -0.465 e. The van der Waals surface area contributed by atoms with E-state index in [2.05, 4.69) is 45.9 Å². The van der Waals surface area contributed by atoms with Gasteiger partial charge in [0.2, 0.25) is 5.95 Å². The molecule has 2 aromatic heterocycles. The first-order valence-corrected chi connectivity index (χ1v) is 14.7. The maximum Gasteiger partial charge on any atom is 0.410 e. The van der Waals surface area contributed by atoms with Crippen LogP contribution in [0.25, 0.3) is 11.2 Å². The van der Waals surface area contributed by atoms with Crippen LogP contribution in [-0.4, -0.2) is 55.2 Å². The third-order valence-electron chi connectivity index (χ3n) is 9.09. The molecule has 3 aliphatic rings. The summed E-state index contributed by atoms with van der Waals surface area (Å²) in [6, 6.07) is 0.685. The quantitative estimate of drug-likeness (QED) is 0.247. The molecule has 2 saturated carbocycles. The van der Waals surface area contributed by atoms with Gasteiger partial charge in [-0.05, 0) is 69.6 Å². The first kappa shape index (κ1) is 26.7. The maximum atomic E-state index is 11.3. The number of aromatic nitrogens is 4. The second-order valence-corrected chi connectivity index (χ2v) is 11.9. The monoisotopic (exact) mass is 524 g/mol. The number of anilines is 2. The summed E-state index contributed by atoms with van der Waals surface area (Å²) in [7, 11) is 0. The molecule has 3 heterocycles. The topological polar surface area (TPSA) is 132 Å². The molecule has 1 aliphatic heterocycles. The van der Waals surface area contributed by atoms with Crippen LogP contribution in [0, 0.1) is 23.2 Å². The highest BCUT2D eigenvalue weighted by molar-refractivity contribution is 6.03. The number of carboxylic acid groups (broad SMARTS) is 1. The van der Waals surface area contributed by atoms with E-state index >= 15 is 0 Å². The maximum absolute atomic E-state index is 11.3. The molecule has 10 nitrogen and oxygen atoms in total. The lowest BCUT2D eigenvalue weighted by atomic mass is 9.80. The van der Waals surface area contributed by atoms with Gasteiger partial charge >= 0.3 is 6.09 Å². The summed E-state index contributed by atoms with van der Waals surface area (Å²) in [5.74, 6) is 3.30. The van der Waals surface area contributed by atoms with Crippen molar-refractivity contribution in [1.29, 1.82) is 5.41 Å². The van der Waals surface area contributed by atoms with Gasteiger partial charge < -0.3 is 19.9 Å². The van der Waals surface area contributed by atoms with Crippen molar-refractivity contribution in [2.45, 2.75) is 110 Å². The van der Waals surface area contributed by atoms with Crippen molar-refractivity contribution in [3.05, 3.63) is 5.82 Å². The molecule has 10 heteroatoms. The molecule has 208 valence electrons. The van der Waals surface area contributed by atoms with E-state index in [0.717, 1.165) is 49.7 Å². The molecule has 0 radical (unpaired) electrons. The van der Waals surface area contributed by atoms with E-state index in [0.29, 0.717) is 29.3 Å². The Hall–Kier alpha value is -2.91. The van der Waals surface area contributed by atoms with Crippen molar-refractivity contribution in [2.75, 3.05) is 16.8 Å². The second-order valence-electron chi connectivity index (χ2n) is 11.9. The number of rotatable bonds is 9. The molecule has 1 unspecified atom stereocenters. The van der Waals surface area contributed by atoms with Crippen molar-refractivity contribution in [2.24, 2.45) is 17.8 Å².